The van der Waals surface area contributed by atoms with Crippen molar-refractivity contribution in [1.82, 2.24) is 0 Å². The van der Waals surface area contributed by atoms with Gasteiger partial charge < -0.3 is 8.85 Å². The quantitative estimate of drug-likeness (QED) is 0.267. The fourth-order valence-electron chi connectivity index (χ4n) is 3.54. The smallest absolute Gasteiger partial charge is 0.180 e. The maximum absolute atomic E-state index is 5.86. The SMILES string of the molecule is C=CC[SiH]1CCCCO1.CCCCCCCCC[SiH]1CCCCO1. The molecule has 0 N–H and O–H groups in total. The maximum Gasteiger partial charge on any atom is 0.180 e. The Hall–Kier alpha value is 0.0938. The summed E-state index contributed by atoms with van der Waals surface area (Å²) in [5.74, 6) is 0. The third-order valence-corrected chi connectivity index (χ3v) is 10.5. The Balaban J connectivity index is 0.000000272. The number of unbranched alkanes of at least 4 members (excludes halogenated alkanes) is 6. The fraction of sp³-hybridized carbons (Fsp3) is 0.900. The molecule has 0 saturated carbocycles. The molecule has 0 aromatic carbocycles. The van der Waals surface area contributed by atoms with Crippen LogP contribution in [0.15, 0.2) is 12.7 Å². The zero-order valence-corrected chi connectivity index (χ0v) is 18.6. The van der Waals surface area contributed by atoms with Crippen molar-refractivity contribution in [2.75, 3.05) is 13.2 Å². The van der Waals surface area contributed by atoms with Gasteiger partial charge in [-0.05, 0) is 37.0 Å². The summed E-state index contributed by atoms with van der Waals surface area (Å²) in [7, 11) is -1.44. The third-order valence-electron chi connectivity index (χ3n) is 5.11. The molecule has 0 aliphatic carbocycles. The Labute approximate surface area is 154 Å². The van der Waals surface area contributed by atoms with Crippen LogP contribution in [0.3, 0.4) is 0 Å². The molecule has 4 heteroatoms. The van der Waals surface area contributed by atoms with E-state index in [2.05, 4.69) is 13.5 Å². The van der Waals surface area contributed by atoms with Crippen LogP contribution in [0.5, 0.6) is 0 Å². The molecule has 2 rings (SSSR count). The Morgan fingerprint density at radius 3 is 1.92 bits per heavy atom. The van der Waals surface area contributed by atoms with Gasteiger partial charge in [0.2, 0.25) is 0 Å². The highest BCUT2D eigenvalue weighted by atomic mass is 28.3. The summed E-state index contributed by atoms with van der Waals surface area (Å²) in [4.78, 5) is 0. The topological polar surface area (TPSA) is 18.5 Å². The van der Waals surface area contributed by atoms with E-state index in [4.69, 9.17) is 8.85 Å². The molecule has 2 nitrogen and oxygen atoms in total. The van der Waals surface area contributed by atoms with Gasteiger partial charge in [0.15, 0.2) is 18.1 Å². The fourth-order valence-corrected chi connectivity index (χ4v) is 8.31. The molecule has 2 unspecified atom stereocenters. The van der Waals surface area contributed by atoms with Crippen molar-refractivity contribution in [3.05, 3.63) is 12.7 Å². The second-order valence-corrected chi connectivity index (χ2v) is 12.8. The first-order valence-electron chi connectivity index (χ1n) is 10.7. The van der Waals surface area contributed by atoms with Crippen molar-refractivity contribution in [2.45, 2.75) is 102 Å². The van der Waals surface area contributed by atoms with Crippen LogP contribution < -0.4 is 0 Å². The van der Waals surface area contributed by atoms with Gasteiger partial charge in [-0.15, -0.1) is 6.58 Å². The Morgan fingerprint density at radius 1 is 0.792 bits per heavy atom. The summed E-state index contributed by atoms with van der Waals surface area (Å²) in [5.41, 5.74) is 0. The largest absolute Gasteiger partial charge is 0.420 e. The van der Waals surface area contributed by atoms with Crippen molar-refractivity contribution in [3.8, 4) is 0 Å². The van der Waals surface area contributed by atoms with E-state index in [0.717, 1.165) is 13.2 Å². The van der Waals surface area contributed by atoms with Crippen molar-refractivity contribution in [1.29, 1.82) is 0 Å². The minimum absolute atomic E-state index is 0.691. The van der Waals surface area contributed by atoms with E-state index in [-0.39, 0.29) is 0 Å². The summed E-state index contributed by atoms with van der Waals surface area (Å²) in [5, 5.41) is 0. The van der Waals surface area contributed by atoms with E-state index >= 15 is 0 Å². The van der Waals surface area contributed by atoms with E-state index in [9.17, 15) is 0 Å². The van der Waals surface area contributed by atoms with Crippen LogP contribution in [0.2, 0.25) is 24.2 Å². The summed E-state index contributed by atoms with van der Waals surface area (Å²) in [6.07, 6.45) is 17.5. The lowest BCUT2D eigenvalue weighted by atomic mass is 10.1. The van der Waals surface area contributed by atoms with Gasteiger partial charge in [-0.1, -0.05) is 70.8 Å². The Bertz CT molecular complexity index is 275. The van der Waals surface area contributed by atoms with Gasteiger partial charge in [-0.3, -0.25) is 0 Å². The first-order chi connectivity index (χ1) is 11.9. The molecule has 0 amide bonds. The molecule has 0 aromatic rings. The first kappa shape index (κ1) is 22.1. The van der Waals surface area contributed by atoms with E-state index < -0.39 is 18.1 Å². The highest BCUT2D eigenvalue weighted by Gasteiger charge is 2.15. The zero-order chi connectivity index (χ0) is 17.3. The molecule has 2 aliphatic rings. The highest BCUT2D eigenvalue weighted by Crippen LogP contribution is 2.17. The second kappa shape index (κ2) is 16.6. The van der Waals surface area contributed by atoms with Crippen LogP contribution >= 0.6 is 0 Å². The number of rotatable bonds is 10. The normalized spacial score (nSPS) is 24.0. The number of hydrogen-bond donors (Lipinski definition) is 0. The van der Waals surface area contributed by atoms with E-state index in [1.807, 2.05) is 6.08 Å². The summed E-state index contributed by atoms with van der Waals surface area (Å²) in [6.45, 7) is 8.09. The monoisotopic (exact) mass is 370 g/mol. The molecule has 0 bridgehead atoms. The molecular weight excluding hydrogens is 328 g/mol. The lowest BCUT2D eigenvalue weighted by Crippen LogP contribution is -2.22. The highest BCUT2D eigenvalue weighted by molar-refractivity contribution is 6.52. The van der Waals surface area contributed by atoms with E-state index in [0.29, 0.717) is 0 Å². The van der Waals surface area contributed by atoms with Crippen LogP contribution in [-0.4, -0.2) is 31.3 Å². The molecule has 0 aromatic heterocycles. The van der Waals surface area contributed by atoms with Crippen LogP contribution in [0.1, 0.15) is 77.6 Å². The average Bonchev–Trinajstić information content (AvgIpc) is 2.64. The minimum atomic E-state index is -0.744. The van der Waals surface area contributed by atoms with Crippen LogP contribution in [0.4, 0.5) is 0 Å². The molecule has 2 fully saturated rings. The Morgan fingerprint density at radius 2 is 1.38 bits per heavy atom. The molecular formula is C20H42O2Si2. The van der Waals surface area contributed by atoms with E-state index in [1.54, 1.807) is 0 Å². The van der Waals surface area contributed by atoms with Gasteiger partial charge in [0.05, 0.1) is 0 Å². The van der Waals surface area contributed by atoms with Crippen LogP contribution in [0, 0.1) is 0 Å². The molecule has 2 atom stereocenters. The molecule has 2 saturated heterocycles. The van der Waals surface area contributed by atoms with Crippen molar-refractivity contribution in [3.63, 3.8) is 0 Å². The van der Waals surface area contributed by atoms with Crippen LogP contribution in [-0.2, 0) is 8.85 Å². The standard InChI is InChI=1S/C13H28OSi.C7H14OSi/c1-2-3-4-5-6-7-9-12-15-13-10-8-11-14-15;1-2-6-9-7-4-3-5-8-9/h15H,2-13H2,1H3;2,9H,1,3-7H2. The predicted molar refractivity (Wildman–Crippen MR) is 112 cm³/mol. The Kier molecular flexibility index (Phi) is 15.3. The maximum atomic E-state index is 5.86. The van der Waals surface area contributed by atoms with Gasteiger partial charge in [0, 0.05) is 13.2 Å². The molecule has 24 heavy (non-hydrogen) atoms. The summed E-state index contributed by atoms with van der Waals surface area (Å²) >= 11 is 0. The molecule has 2 heterocycles. The van der Waals surface area contributed by atoms with E-state index in [1.165, 1.54) is 94.8 Å². The summed E-state index contributed by atoms with van der Waals surface area (Å²) < 4.78 is 11.4. The minimum Gasteiger partial charge on any atom is -0.420 e. The number of hydrogen-bond acceptors (Lipinski definition) is 2. The first-order valence-corrected chi connectivity index (χ1v) is 14.9. The van der Waals surface area contributed by atoms with Gasteiger partial charge >= 0.3 is 0 Å². The van der Waals surface area contributed by atoms with Crippen molar-refractivity contribution in [2.24, 2.45) is 0 Å². The second-order valence-electron chi connectivity index (χ2n) is 7.41. The van der Waals surface area contributed by atoms with Gasteiger partial charge in [-0.2, -0.15) is 0 Å². The van der Waals surface area contributed by atoms with Gasteiger partial charge in [0.25, 0.3) is 0 Å². The number of allylic oxidation sites excluding steroid dienone is 1. The van der Waals surface area contributed by atoms with Gasteiger partial charge in [-0.25, -0.2) is 0 Å². The molecule has 0 spiro atoms. The zero-order valence-electron chi connectivity index (χ0n) is 16.3. The predicted octanol–water partition coefficient (Wildman–Crippen LogP) is 5.98. The summed E-state index contributed by atoms with van der Waals surface area (Å²) in [6, 6.07) is 5.44. The van der Waals surface area contributed by atoms with Crippen LogP contribution in [0.25, 0.3) is 0 Å². The lowest BCUT2D eigenvalue weighted by molar-refractivity contribution is 0.285. The van der Waals surface area contributed by atoms with Gasteiger partial charge in [0.1, 0.15) is 0 Å². The van der Waals surface area contributed by atoms with Crippen molar-refractivity contribution >= 4 is 18.1 Å². The average molecular weight is 371 g/mol. The lowest BCUT2D eigenvalue weighted by Gasteiger charge is -2.20. The molecule has 0 radical (unpaired) electrons. The third kappa shape index (κ3) is 12.5. The molecule has 142 valence electrons. The molecule has 2 aliphatic heterocycles. The van der Waals surface area contributed by atoms with Crippen molar-refractivity contribution < 1.29 is 8.85 Å².